The van der Waals surface area contributed by atoms with Gasteiger partial charge in [0, 0.05) is 26.7 Å². The molecule has 0 aliphatic carbocycles. The number of benzene rings is 1. The van der Waals surface area contributed by atoms with Gasteiger partial charge in [0.05, 0.1) is 17.8 Å². The van der Waals surface area contributed by atoms with E-state index in [1.807, 2.05) is 0 Å². The molecule has 0 saturated carbocycles. The average Bonchev–Trinajstić information content (AvgIpc) is 2.41. The summed E-state index contributed by atoms with van der Waals surface area (Å²) in [5.74, 6) is -0.540. The van der Waals surface area contributed by atoms with Crippen LogP contribution in [0, 0.1) is 5.82 Å². The number of hydrogen-bond acceptors (Lipinski definition) is 5. The smallest absolute Gasteiger partial charge is 0.240 e. The summed E-state index contributed by atoms with van der Waals surface area (Å²) in [7, 11) is -5.82. The molecule has 0 radical (unpaired) electrons. The van der Waals surface area contributed by atoms with Crippen LogP contribution in [-0.4, -0.2) is 60.7 Å². The molecule has 0 amide bonds. The van der Waals surface area contributed by atoms with Crippen LogP contribution in [-0.2, 0) is 24.8 Å². The van der Waals surface area contributed by atoms with Gasteiger partial charge in [0.1, 0.15) is 5.82 Å². The van der Waals surface area contributed by atoms with Crippen LogP contribution in [0.1, 0.15) is 0 Å². The molecule has 0 heterocycles. The first-order valence-electron chi connectivity index (χ1n) is 6.36. The van der Waals surface area contributed by atoms with E-state index in [4.69, 9.17) is 4.74 Å². The maximum absolute atomic E-state index is 12.8. The molecule has 10 heteroatoms. The summed E-state index contributed by atoms with van der Waals surface area (Å²) in [5, 5.41) is 0. The number of rotatable bonds is 9. The number of nitrogens with zero attached hydrogens (tertiary/aromatic N) is 1. The quantitative estimate of drug-likeness (QED) is 0.674. The molecule has 0 saturated heterocycles. The predicted octanol–water partition coefficient (Wildman–Crippen LogP) is 0.0120. The van der Waals surface area contributed by atoms with Crippen LogP contribution in [0.25, 0.3) is 0 Å². The first kappa shape index (κ1) is 19.0. The van der Waals surface area contributed by atoms with E-state index in [0.717, 1.165) is 34.8 Å². The van der Waals surface area contributed by atoms with E-state index in [1.54, 1.807) is 0 Å². The molecule has 0 aliphatic rings. The topological polar surface area (TPSA) is 92.8 Å². The number of sulfonamides is 2. The highest BCUT2D eigenvalue weighted by molar-refractivity contribution is 7.89. The van der Waals surface area contributed by atoms with E-state index in [2.05, 4.69) is 4.72 Å². The minimum absolute atomic E-state index is 0.0252. The molecule has 1 rings (SSSR count). The lowest BCUT2D eigenvalue weighted by Crippen LogP contribution is -2.39. The Labute approximate surface area is 130 Å². The van der Waals surface area contributed by atoms with Crippen LogP contribution >= 0.6 is 0 Å². The van der Waals surface area contributed by atoms with Crippen LogP contribution in [0.4, 0.5) is 4.39 Å². The maximum atomic E-state index is 12.8. The Balaban J connectivity index is 2.65. The Morgan fingerprint density at radius 3 is 2.23 bits per heavy atom. The Hall–Kier alpha value is -1.07. The van der Waals surface area contributed by atoms with Crippen LogP contribution in [0.15, 0.2) is 29.2 Å². The van der Waals surface area contributed by atoms with E-state index in [1.165, 1.54) is 7.11 Å². The average molecular weight is 354 g/mol. The van der Waals surface area contributed by atoms with Gasteiger partial charge in [0.25, 0.3) is 0 Å². The molecule has 0 bridgehead atoms. The lowest BCUT2D eigenvalue weighted by Gasteiger charge is -2.19. The van der Waals surface area contributed by atoms with Gasteiger partial charge in [-0.15, -0.1) is 0 Å². The first-order valence-corrected chi connectivity index (χ1v) is 9.69. The molecule has 0 fully saturated rings. The molecule has 0 aliphatic heterocycles. The Morgan fingerprint density at radius 1 is 1.14 bits per heavy atom. The third-order valence-electron chi connectivity index (χ3n) is 2.79. The molecular weight excluding hydrogens is 335 g/mol. The molecule has 1 aromatic carbocycles. The number of methoxy groups -OCH3 is 1. The van der Waals surface area contributed by atoms with Gasteiger partial charge in [-0.05, 0) is 24.3 Å². The van der Waals surface area contributed by atoms with Crippen molar-refractivity contribution >= 4 is 20.0 Å². The first-order chi connectivity index (χ1) is 10.2. The van der Waals surface area contributed by atoms with Crippen LogP contribution in [0.5, 0.6) is 0 Å². The van der Waals surface area contributed by atoms with Crippen molar-refractivity contribution in [3.8, 4) is 0 Å². The third-order valence-corrected chi connectivity index (χ3v) is 5.57. The summed E-state index contributed by atoms with van der Waals surface area (Å²) >= 11 is 0. The molecule has 0 atom stereocenters. The summed E-state index contributed by atoms with van der Waals surface area (Å²) in [6, 6.07) is 4.35. The molecule has 22 heavy (non-hydrogen) atoms. The molecule has 0 spiro atoms. The van der Waals surface area contributed by atoms with Crippen molar-refractivity contribution in [1.82, 2.24) is 9.03 Å². The second-order valence-electron chi connectivity index (χ2n) is 4.51. The highest BCUT2D eigenvalue weighted by Crippen LogP contribution is 2.09. The van der Waals surface area contributed by atoms with Crippen molar-refractivity contribution < 1.29 is 26.0 Å². The van der Waals surface area contributed by atoms with Crippen molar-refractivity contribution in [2.24, 2.45) is 0 Å². The summed E-state index contributed by atoms with van der Waals surface area (Å²) in [6.07, 6.45) is 1.04. The summed E-state index contributed by atoms with van der Waals surface area (Å²) in [5.41, 5.74) is 0. The molecule has 0 unspecified atom stereocenters. The van der Waals surface area contributed by atoms with Crippen molar-refractivity contribution in [1.29, 1.82) is 0 Å². The van der Waals surface area contributed by atoms with Gasteiger partial charge in [-0.25, -0.2) is 25.9 Å². The van der Waals surface area contributed by atoms with Crippen LogP contribution < -0.4 is 4.72 Å². The van der Waals surface area contributed by atoms with Gasteiger partial charge in [0.15, 0.2) is 0 Å². The van der Waals surface area contributed by atoms with Gasteiger partial charge in [0.2, 0.25) is 20.0 Å². The standard InChI is InChI=1S/C12H19FN2O5S2/c1-20-10-9-15(21(2,16)17)8-7-14-22(18,19)12-5-3-11(13)4-6-12/h3-6,14H,7-10H2,1-2H3. The van der Waals surface area contributed by atoms with Gasteiger partial charge in [-0.2, -0.15) is 4.31 Å². The van der Waals surface area contributed by atoms with Crippen LogP contribution in [0.2, 0.25) is 0 Å². The lowest BCUT2D eigenvalue weighted by atomic mass is 10.4. The monoisotopic (exact) mass is 354 g/mol. The minimum atomic E-state index is -3.81. The molecule has 1 N–H and O–H groups in total. The summed E-state index contributed by atoms with van der Waals surface area (Å²) < 4.78 is 68.0. The summed E-state index contributed by atoms with van der Waals surface area (Å²) in [4.78, 5) is -0.0864. The summed E-state index contributed by atoms with van der Waals surface area (Å²) in [6.45, 7) is 0.213. The fourth-order valence-electron chi connectivity index (χ4n) is 1.64. The highest BCUT2D eigenvalue weighted by atomic mass is 32.2. The predicted molar refractivity (Wildman–Crippen MR) is 79.9 cm³/mol. The molecule has 0 aromatic heterocycles. The normalized spacial score (nSPS) is 12.7. The minimum Gasteiger partial charge on any atom is -0.383 e. The number of ether oxygens (including phenoxy) is 1. The fraction of sp³-hybridized carbons (Fsp3) is 0.500. The lowest BCUT2D eigenvalue weighted by molar-refractivity contribution is 0.179. The zero-order valence-electron chi connectivity index (χ0n) is 12.3. The van der Waals surface area contributed by atoms with Crippen molar-refractivity contribution in [3.63, 3.8) is 0 Å². The van der Waals surface area contributed by atoms with Gasteiger partial charge in [-0.1, -0.05) is 0 Å². The van der Waals surface area contributed by atoms with Crippen molar-refractivity contribution in [2.45, 2.75) is 4.90 Å². The fourth-order valence-corrected chi connectivity index (χ4v) is 3.49. The van der Waals surface area contributed by atoms with Gasteiger partial charge >= 0.3 is 0 Å². The second kappa shape index (κ2) is 7.97. The molecule has 7 nitrogen and oxygen atoms in total. The molecule has 126 valence electrons. The molecular formula is C12H19FN2O5S2. The Morgan fingerprint density at radius 2 is 1.73 bits per heavy atom. The van der Waals surface area contributed by atoms with Gasteiger partial charge < -0.3 is 4.74 Å². The van der Waals surface area contributed by atoms with Gasteiger partial charge in [-0.3, -0.25) is 0 Å². The highest BCUT2D eigenvalue weighted by Gasteiger charge is 2.18. The largest absolute Gasteiger partial charge is 0.383 e. The van der Waals surface area contributed by atoms with Crippen LogP contribution in [0.3, 0.4) is 0 Å². The number of nitrogens with one attached hydrogen (secondary N) is 1. The third kappa shape index (κ3) is 5.97. The van der Waals surface area contributed by atoms with E-state index in [9.17, 15) is 21.2 Å². The van der Waals surface area contributed by atoms with E-state index in [-0.39, 0.29) is 31.1 Å². The van der Waals surface area contributed by atoms with Crippen molar-refractivity contribution in [2.75, 3.05) is 39.6 Å². The van der Waals surface area contributed by atoms with E-state index in [0.29, 0.717) is 0 Å². The SMILES string of the molecule is COCCN(CCNS(=O)(=O)c1ccc(F)cc1)S(C)(=O)=O. The number of halogens is 1. The zero-order chi connectivity index (χ0) is 16.8. The number of hydrogen-bond donors (Lipinski definition) is 1. The van der Waals surface area contributed by atoms with E-state index >= 15 is 0 Å². The Kier molecular flexibility index (Phi) is 6.88. The maximum Gasteiger partial charge on any atom is 0.240 e. The Bertz CT molecular complexity index is 674. The second-order valence-corrected chi connectivity index (χ2v) is 8.26. The van der Waals surface area contributed by atoms with E-state index < -0.39 is 25.9 Å². The molecule has 1 aromatic rings. The zero-order valence-corrected chi connectivity index (χ0v) is 14.0. The van der Waals surface area contributed by atoms with Crippen molar-refractivity contribution in [3.05, 3.63) is 30.1 Å².